The summed E-state index contributed by atoms with van der Waals surface area (Å²) in [6, 6.07) is 8.83. The molecule has 0 aliphatic heterocycles. The highest BCUT2D eigenvalue weighted by atomic mass is 32.2. The van der Waals surface area contributed by atoms with Crippen molar-refractivity contribution in [3.05, 3.63) is 56.8 Å². The standard InChI is InChI=1S/C17H18OS2/c1-13-6-14(2)8-16(7-13)10-19-12-17-9-15(11-20-17)4-3-5-18/h6-9,11,18H,5,10,12H2,1-2H3. The molecule has 2 aromatic rings. The van der Waals surface area contributed by atoms with Crippen LogP contribution in [0.15, 0.2) is 29.6 Å². The van der Waals surface area contributed by atoms with E-state index in [0.29, 0.717) is 0 Å². The van der Waals surface area contributed by atoms with Crippen LogP contribution in [0.4, 0.5) is 0 Å². The number of rotatable bonds is 4. The molecule has 1 aromatic heterocycles. The molecule has 0 aliphatic rings. The molecular weight excluding hydrogens is 284 g/mol. The Bertz CT molecular complexity index is 612. The van der Waals surface area contributed by atoms with E-state index >= 15 is 0 Å². The van der Waals surface area contributed by atoms with E-state index in [9.17, 15) is 0 Å². The summed E-state index contributed by atoms with van der Waals surface area (Å²) in [6.45, 7) is 4.21. The quantitative estimate of drug-likeness (QED) is 0.857. The van der Waals surface area contributed by atoms with Crippen LogP contribution in [0.1, 0.15) is 27.1 Å². The average molecular weight is 302 g/mol. The lowest BCUT2D eigenvalue weighted by molar-refractivity contribution is 0.350. The van der Waals surface area contributed by atoms with Crippen LogP contribution in [0.3, 0.4) is 0 Å². The number of hydrogen-bond acceptors (Lipinski definition) is 3. The van der Waals surface area contributed by atoms with Crippen LogP contribution in [-0.2, 0) is 11.5 Å². The summed E-state index contributed by atoms with van der Waals surface area (Å²) in [5, 5.41) is 10.7. The molecule has 0 aliphatic carbocycles. The zero-order chi connectivity index (χ0) is 14.4. The second kappa shape index (κ2) is 7.54. The zero-order valence-corrected chi connectivity index (χ0v) is 13.4. The van der Waals surface area contributed by atoms with E-state index in [1.807, 2.05) is 11.8 Å². The molecule has 0 amide bonds. The van der Waals surface area contributed by atoms with Crippen LogP contribution in [0.2, 0.25) is 0 Å². The highest BCUT2D eigenvalue weighted by Gasteiger charge is 2.00. The van der Waals surface area contributed by atoms with Crippen LogP contribution in [0.25, 0.3) is 0 Å². The first kappa shape index (κ1) is 15.2. The minimum absolute atomic E-state index is 0.0767. The van der Waals surface area contributed by atoms with E-state index in [2.05, 4.69) is 55.3 Å². The Kier molecular flexibility index (Phi) is 5.72. The average Bonchev–Trinajstić information content (AvgIpc) is 2.83. The Morgan fingerprint density at radius 1 is 1.10 bits per heavy atom. The van der Waals surface area contributed by atoms with Crippen molar-refractivity contribution >= 4 is 23.1 Å². The van der Waals surface area contributed by atoms with Crippen molar-refractivity contribution in [3.63, 3.8) is 0 Å². The third kappa shape index (κ3) is 4.72. The van der Waals surface area contributed by atoms with Crippen LogP contribution in [0.5, 0.6) is 0 Å². The molecule has 2 rings (SSSR count). The Morgan fingerprint density at radius 2 is 1.85 bits per heavy atom. The van der Waals surface area contributed by atoms with Crippen molar-refractivity contribution in [2.45, 2.75) is 25.4 Å². The van der Waals surface area contributed by atoms with Gasteiger partial charge in [-0.15, -0.1) is 11.3 Å². The molecule has 0 atom stereocenters. The number of aryl methyl sites for hydroxylation is 2. The summed E-state index contributed by atoms with van der Waals surface area (Å²) < 4.78 is 0. The van der Waals surface area contributed by atoms with Crippen LogP contribution < -0.4 is 0 Å². The predicted octanol–water partition coefficient (Wildman–Crippen LogP) is 4.14. The SMILES string of the molecule is Cc1cc(C)cc(CSCc2cc(C#CCO)cs2)c1. The van der Waals surface area contributed by atoms with Gasteiger partial charge in [-0.05, 0) is 25.5 Å². The Hall–Kier alpha value is -1.21. The van der Waals surface area contributed by atoms with Crippen molar-refractivity contribution in [2.24, 2.45) is 0 Å². The second-order valence-corrected chi connectivity index (χ2v) is 6.73. The van der Waals surface area contributed by atoms with Gasteiger partial charge in [-0.1, -0.05) is 41.2 Å². The maximum absolute atomic E-state index is 8.67. The van der Waals surface area contributed by atoms with Gasteiger partial charge >= 0.3 is 0 Å². The number of aliphatic hydroxyl groups excluding tert-OH is 1. The fourth-order valence-corrected chi connectivity index (χ4v) is 4.00. The highest BCUT2D eigenvalue weighted by molar-refractivity contribution is 7.97. The topological polar surface area (TPSA) is 20.2 Å². The Balaban J connectivity index is 1.88. The Labute approximate surface area is 129 Å². The first-order valence-corrected chi connectivity index (χ1v) is 8.53. The summed E-state index contributed by atoms with van der Waals surface area (Å²) in [5.74, 6) is 7.67. The van der Waals surface area contributed by atoms with Crippen molar-refractivity contribution < 1.29 is 5.11 Å². The molecule has 0 unspecified atom stereocenters. The maximum Gasteiger partial charge on any atom is 0.104 e. The minimum atomic E-state index is -0.0767. The molecular formula is C17H18OS2. The molecule has 0 fully saturated rings. The molecule has 104 valence electrons. The summed E-state index contributed by atoms with van der Waals surface area (Å²) in [5.41, 5.74) is 5.06. The fraction of sp³-hybridized carbons (Fsp3) is 0.294. The van der Waals surface area contributed by atoms with Crippen molar-refractivity contribution in [2.75, 3.05) is 6.61 Å². The Morgan fingerprint density at radius 3 is 2.55 bits per heavy atom. The summed E-state index contributed by atoms with van der Waals surface area (Å²) in [6.07, 6.45) is 0. The van der Waals surface area contributed by atoms with Crippen molar-refractivity contribution in [3.8, 4) is 11.8 Å². The molecule has 20 heavy (non-hydrogen) atoms. The van der Waals surface area contributed by atoms with Gasteiger partial charge < -0.3 is 5.11 Å². The van der Waals surface area contributed by atoms with Crippen LogP contribution in [-0.4, -0.2) is 11.7 Å². The van der Waals surface area contributed by atoms with E-state index < -0.39 is 0 Å². The van der Waals surface area contributed by atoms with Gasteiger partial charge in [-0.2, -0.15) is 11.8 Å². The molecule has 1 aromatic carbocycles. The van der Waals surface area contributed by atoms with E-state index in [0.717, 1.165) is 17.1 Å². The second-order valence-electron chi connectivity index (χ2n) is 4.75. The number of benzene rings is 1. The van der Waals surface area contributed by atoms with Gasteiger partial charge in [0.15, 0.2) is 0 Å². The van der Waals surface area contributed by atoms with E-state index in [1.165, 1.54) is 21.6 Å². The number of thiophene rings is 1. The number of aliphatic hydroxyl groups is 1. The van der Waals surface area contributed by atoms with Gasteiger partial charge in [0.2, 0.25) is 0 Å². The van der Waals surface area contributed by atoms with E-state index in [4.69, 9.17) is 5.11 Å². The normalized spacial score (nSPS) is 10.2. The molecule has 1 heterocycles. The number of hydrogen-bond donors (Lipinski definition) is 1. The van der Waals surface area contributed by atoms with Crippen LogP contribution >= 0.6 is 23.1 Å². The summed E-state index contributed by atoms with van der Waals surface area (Å²) >= 11 is 3.66. The van der Waals surface area contributed by atoms with Crippen molar-refractivity contribution in [1.82, 2.24) is 0 Å². The van der Waals surface area contributed by atoms with Gasteiger partial charge in [0.1, 0.15) is 6.61 Å². The van der Waals surface area contributed by atoms with Gasteiger partial charge in [-0.25, -0.2) is 0 Å². The van der Waals surface area contributed by atoms with Gasteiger partial charge in [-0.3, -0.25) is 0 Å². The molecule has 0 radical (unpaired) electrons. The van der Waals surface area contributed by atoms with E-state index in [1.54, 1.807) is 11.3 Å². The fourth-order valence-electron chi connectivity index (χ4n) is 2.09. The van der Waals surface area contributed by atoms with Gasteiger partial charge in [0.25, 0.3) is 0 Å². The molecule has 1 N–H and O–H groups in total. The van der Waals surface area contributed by atoms with Gasteiger partial charge in [0, 0.05) is 27.3 Å². The molecule has 0 saturated carbocycles. The largest absolute Gasteiger partial charge is 0.384 e. The maximum atomic E-state index is 8.67. The lowest BCUT2D eigenvalue weighted by Crippen LogP contribution is -1.85. The minimum Gasteiger partial charge on any atom is -0.384 e. The first-order chi connectivity index (χ1) is 9.67. The lowest BCUT2D eigenvalue weighted by atomic mass is 10.1. The third-order valence-corrected chi connectivity index (χ3v) is 4.93. The smallest absolute Gasteiger partial charge is 0.104 e. The summed E-state index contributed by atoms with van der Waals surface area (Å²) in [4.78, 5) is 1.33. The molecule has 0 spiro atoms. The monoisotopic (exact) mass is 302 g/mol. The molecule has 3 heteroatoms. The van der Waals surface area contributed by atoms with Crippen LogP contribution in [0, 0.1) is 25.7 Å². The predicted molar refractivity (Wildman–Crippen MR) is 89.2 cm³/mol. The van der Waals surface area contributed by atoms with Gasteiger partial charge in [0.05, 0.1) is 0 Å². The molecule has 0 bridgehead atoms. The third-order valence-electron chi connectivity index (χ3n) is 2.76. The lowest BCUT2D eigenvalue weighted by Gasteiger charge is -2.04. The molecule has 0 saturated heterocycles. The first-order valence-electron chi connectivity index (χ1n) is 6.49. The highest BCUT2D eigenvalue weighted by Crippen LogP contribution is 2.23. The summed E-state index contributed by atoms with van der Waals surface area (Å²) in [7, 11) is 0. The van der Waals surface area contributed by atoms with Crippen molar-refractivity contribution in [1.29, 1.82) is 0 Å². The zero-order valence-electron chi connectivity index (χ0n) is 11.8. The number of thioether (sulfide) groups is 1. The molecule has 1 nitrogen and oxygen atoms in total. The van der Waals surface area contributed by atoms with E-state index in [-0.39, 0.29) is 6.61 Å².